The van der Waals surface area contributed by atoms with E-state index in [-0.39, 0.29) is 18.0 Å². The first kappa shape index (κ1) is 12.8. The van der Waals surface area contributed by atoms with Crippen LogP contribution >= 0.6 is 0 Å². The molecular formula is C13H23NO3. The summed E-state index contributed by atoms with van der Waals surface area (Å²) in [4.78, 5) is 12.0. The minimum atomic E-state index is -0.0596. The van der Waals surface area contributed by atoms with Gasteiger partial charge in [0.1, 0.15) is 6.61 Å². The van der Waals surface area contributed by atoms with Gasteiger partial charge in [-0.2, -0.15) is 0 Å². The lowest BCUT2D eigenvalue weighted by Crippen LogP contribution is -2.34. The lowest BCUT2D eigenvalue weighted by Gasteiger charge is -2.29. The van der Waals surface area contributed by atoms with E-state index in [0.29, 0.717) is 19.1 Å². The lowest BCUT2D eigenvalue weighted by molar-refractivity contribution is -0.154. The van der Waals surface area contributed by atoms with Crippen LogP contribution < -0.4 is 5.73 Å². The summed E-state index contributed by atoms with van der Waals surface area (Å²) >= 11 is 0. The van der Waals surface area contributed by atoms with Crippen molar-refractivity contribution in [3.8, 4) is 0 Å². The van der Waals surface area contributed by atoms with E-state index in [1.807, 2.05) is 0 Å². The Morgan fingerprint density at radius 2 is 2.06 bits per heavy atom. The number of hydrogen-bond donors (Lipinski definition) is 1. The number of carbonyl (C=O) groups is 1. The molecule has 1 aliphatic heterocycles. The average molecular weight is 241 g/mol. The predicted octanol–water partition coefficient (Wildman–Crippen LogP) is 1.47. The quantitative estimate of drug-likeness (QED) is 0.757. The van der Waals surface area contributed by atoms with Crippen molar-refractivity contribution in [1.82, 2.24) is 0 Å². The van der Waals surface area contributed by atoms with E-state index in [0.717, 1.165) is 38.7 Å². The normalized spacial score (nSPS) is 33.6. The molecule has 1 saturated carbocycles. The molecule has 4 heteroatoms. The third-order valence-electron chi connectivity index (χ3n) is 3.95. The van der Waals surface area contributed by atoms with Crippen LogP contribution in [0, 0.1) is 11.8 Å². The topological polar surface area (TPSA) is 61.6 Å². The number of nitrogens with two attached hydrogens (primary N) is 1. The Kier molecular flexibility index (Phi) is 4.80. The molecule has 0 bridgehead atoms. The summed E-state index contributed by atoms with van der Waals surface area (Å²) in [7, 11) is 0. The number of rotatable bonds is 4. The highest BCUT2D eigenvalue weighted by molar-refractivity contribution is 5.73. The number of hydrogen-bond acceptors (Lipinski definition) is 4. The molecule has 0 aromatic heterocycles. The van der Waals surface area contributed by atoms with Crippen molar-refractivity contribution >= 4 is 5.97 Å². The Morgan fingerprint density at radius 3 is 2.76 bits per heavy atom. The molecule has 98 valence electrons. The minimum absolute atomic E-state index is 0.0233. The molecule has 2 N–H and O–H groups in total. The Labute approximate surface area is 103 Å². The fourth-order valence-electron chi connectivity index (χ4n) is 2.86. The maximum Gasteiger partial charge on any atom is 0.309 e. The first-order valence-corrected chi connectivity index (χ1v) is 6.79. The fourth-order valence-corrected chi connectivity index (χ4v) is 2.86. The van der Waals surface area contributed by atoms with Gasteiger partial charge < -0.3 is 15.2 Å². The van der Waals surface area contributed by atoms with Gasteiger partial charge in [-0.15, -0.1) is 0 Å². The molecule has 1 aliphatic carbocycles. The summed E-state index contributed by atoms with van der Waals surface area (Å²) in [5, 5.41) is 0. The molecule has 4 nitrogen and oxygen atoms in total. The number of ether oxygens (including phenoxy) is 2. The molecule has 2 fully saturated rings. The van der Waals surface area contributed by atoms with Crippen LogP contribution in [0.15, 0.2) is 0 Å². The molecule has 3 unspecified atom stereocenters. The van der Waals surface area contributed by atoms with Crippen LogP contribution in [0.4, 0.5) is 0 Å². The van der Waals surface area contributed by atoms with E-state index in [2.05, 4.69) is 0 Å². The van der Waals surface area contributed by atoms with Crippen LogP contribution in [0.2, 0.25) is 0 Å². The minimum Gasteiger partial charge on any atom is -0.463 e. The zero-order valence-corrected chi connectivity index (χ0v) is 10.4. The fraction of sp³-hybridized carbons (Fsp3) is 0.923. The molecule has 2 rings (SSSR count). The van der Waals surface area contributed by atoms with E-state index in [4.69, 9.17) is 15.2 Å². The van der Waals surface area contributed by atoms with Crippen molar-refractivity contribution in [2.75, 3.05) is 19.8 Å². The molecular weight excluding hydrogens is 218 g/mol. The molecule has 17 heavy (non-hydrogen) atoms. The second-order valence-corrected chi connectivity index (χ2v) is 5.15. The maximum absolute atomic E-state index is 12.0. The molecule has 1 saturated heterocycles. The van der Waals surface area contributed by atoms with Gasteiger partial charge in [0.2, 0.25) is 0 Å². The largest absolute Gasteiger partial charge is 0.463 e. The highest BCUT2D eigenvalue weighted by atomic mass is 16.6. The van der Waals surface area contributed by atoms with Gasteiger partial charge in [-0.25, -0.2) is 0 Å². The van der Waals surface area contributed by atoms with Crippen LogP contribution in [0.3, 0.4) is 0 Å². The van der Waals surface area contributed by atoms with Crippen LogP contribution in [0.5, 0.6) is 0 Å². The Bertz CT molecular complexity index is 251. The van der Waals surface area contributed by atoms with Crippen molar-refractivity contribution < 1.29 is 14.3 Å². The second kappa shape index (κ2) is 6.36. The number of carbonyl (C=O) groups excluding carboxylic acids is 1. The standard InChI is InChI=1S/C13H23NO3/c14-8-10-4-1-2-6-12(10)13(15)17-9-11-5-3-7-16-11/h10-12H,1-9,14H2. The molecule has 0 spiro atoms. The van der Waals surface area contributed by atoms with E-state index >= 15 is 0 Å². The molecule has 1 heterocycles. The van der Waals surface area contributed by atoms with Crippen LogP contribution in [0.25, 0.3) is 0 Å². The second-order valence-electron chi connectivity index (χ2n) is 5.15. The highest BCUT2D eigenvalue weighted by Gasteiger charge is 2.31. The summed E-state index contributed by atoms with van der Waals surface area (Å²) in [5.74, 6) is 0.284. The van der Waals surface area contributed by atoms with Crippen molar-refractivity contribution in [3.63, 3.8) is 0 Å². The monoisotopic (exact) mass is 241 g/mol. The Hall–Kier alpha value is -0.610. The zero-order chi connectivity index (χ0) is 12.1. The van der Waals surface area contributed by atoms with Gasteiger partial charge in [-0.3, -0.25) is 4.79 Å². The lowest BCUT2D eigenvalue weighted by atomic mass is 9.79. The van der Waals surface area contributed by atoms with E-state index in [1.165, 1.54) is 6.42 Å². The first-order valence-electron chi connectivity index (χ1n) is 6.79. The molecule has 0 aromatic carbocycles. The van der Waals surface area contributed by atoms with E-state index < -0.39 is 0 Å². The average Bonchev–Trinajstić information content (AvgIpc) is 2.89. The molecule has 0 amide bonds. The molecule has 3 atom stereocenters. The van der Waals surface area contributed by atoms with Crippen LogP contribution in [0.1, 0.15) is 38.5 Å². The molecule has 0 radical (unpaired) electrons. The smallest absolute Gasteiger partial charge is 0.309 e. The van der Waals surface area contributed by atoms with Gasteiger partial charge in [0.05, 0.1) is 12.0 Å². The number of esters is 1. The van der Waals surface area contributed by atoms with Gasteiger partial charge in [-0.05, 0) is 38.1 Å². The summed E-state index contributed by atoms with van der Waals surface area (Å²) in [5.41, 5.74) is 5.72. The highest BCUT2D eigenvalue weighted by Crippen LogP contribution is 2.30. The van der Waals surface area contributed by atoms with Gasteiger partial charge in [0.25, 0.3) is 0 Å². The van der Waals surface area contributed by atoms with Gasteiger partial charge in [0.15, 0.2) is 0 Å². The summed E-state index contributed by atoms with van der Waals surface area (Å²) < 4.78 is 10.8. The molecule has 0 aromatic rings. The van der Waals surface area contributed by atoms with Gasteiger partial charge in [0, 0.05) is 6.61 Å². The van der Waals surface area contributed by atoms with Crippen molar-refractivity contribution in [3.05, 3.63) is 0 Å². The first-order chi connectivity index (χ1) is 8.31. The Morgan fingerprint density at radius 1 is 1.24 bits per heavy atom. The van der Waals surface area contributed by atoms with Gasteiger partial charge >= 0.3 is 5.97 Å². The summed E-state index contributed by atoms with van der Waals surface area (Å²) in [6.45, 7) is 1.82. The maximum atomic E-state index is 12.0. The SMILES string of the molecule is NCC1CCCCC1C(=O)OCC1CCCO1. The summed E-state index contributed by atoms with van der Waals surface area (Å²) in [6.07, 6.45) is 6.53. The van der Waals surface area contributed by atoms with Crippen LogP contribution in [-0.4, -0.2) is 31.8 Å². The Balaban J connectivity index is 1.76. The van der Waals surface area contributed by atoms with E-state index in [1.54, 1.807) is 0 Å². The van der Waals surface area contributed by atoms with Crippen LogP contribution in [-0.2, 0) is 14.3 Å². The van der Waals surface area contributed by atoms with Crippen molar-refractivity contribution in [2.45, 2.75) is 44.6 Å². The predicted molar refractivity (Wildman–Crippen MR) is 64.4 cm³/mol. The third kappa shape index (κ3) is 3.42. The van der Waals surface area contributed by atoms with Crippen molar-refractivity contribution in [1.29, 1.82) is 0 Å². The third-order valence-corrected chi connectivity index (χ3v) is 3.95. The summed E-state index contributed by atoms with van der Waals surface area (Å²) in [6, 6.07) is 0. The van der Waals surface area contributed by atoms with Crippen molar-refractivity contribution in [2.24, 2.45) is 17.6 Å². The van der Waals surface area contributed by atoms with Gasteiger partial charge in [-0.1, -0.05) is 12.8 Å². The zero-order valence-electron chi connectivity index (χ0n) is 10.4. The van der Waals surface area contributed by atoms with E-state index in [9.17, 15) is 4.79 Å². The molecule has 2 aliphatic rings.